The maximum Gasteiger partial charge on any atom is 0.339 e. The molecule has 0 bridgehead atoms. The van der Waals surface area contributed by atoms with Gasteiger partial charge >= 0.3 is 5.97 Å². The van der Waals surface area contributed by atoms with Crippen molar-refractivity contribution in [3.05, 3.63) is 28.8 Å². The number of methoxy groups -OCH3 is 1. The molecule has 0 saturated carbocycles. The second-order valence-corrected chi connectivity index (χ2v) is 3.86. The van der Waals surface area contributed by atoms with Gasteiger partial charge in [0.05, 0.1) is 12.7 Å². The zero-order chi connectivity index (χ0) is 11.7. The van der Waals surface area contributed by atoms with Crippen LogP contribution in [0.25, 0.3) is 0 Å². The maximum absolute atomic E-state index is 11.6. The molecular formula is C12H13NO3. The summed E-state index contributed by atoms with van der Waals surface area (Å²) < 4.78 is 4.63. The van der Waals surface area contributed by atoms with E-state index >= 15 is 0 Å². The van der Waals surface area contributed by atoms with Gasteiger partial charge < -0.3 is 10.5 Å². The van der Waals surface area contributed by atoms with Gasteiger partial charge in [-0.3, -0.25) is 4.79 Å². The summed E-state index contributed by atoms with van der Waals surface area (Å²) in [4.78, 5) is 23.0. The molecule has 0 radical (unpaired) electrons. The molecule has 2 N–H and O–H groups in total. The van der Waals surface area contributed by atoms with Crippen molar-refractivity contribution in [3.63, 3.8) is 0 Å². The zero-order valence-electron chi connectivity index (χ0n) is 9.08. The standard InChI is InChI=1S/C12H13NO3/c1-16-12(15)9-5-7-3-2-4-11(14)8(7)6-10(9)13/h5-6H,2-4,13H2,1H3. The van der Waals surface area contributed by atoms with Crippen LogP contribution in [0.5, 0.6) is 0 Å². The summed E-state index contributed by atoms with van der Waals surface area (Å²) in [6.07, 6.45) is 2.20. The monoisotopic (exact) mass is 219 g/mol. The number of ether oxygens (including phenoxy) is 1. The maximum atomic E-state index is 11.6. The molecule has 0 spiro atoms. The highest BCUT2D eigenvalue weighted by Crippen LogP contribution is 2.26. The molecule has 1 aromatic carbocycles. The molecular weight excluding hydrogens is 206 g/mol. The van der Waals surface area contributed by atoms with Crippen LogP contribution in [-0.4, -0.2) is 18.9 Å². The summed E-state index contributed by atoms with van der Waals surface area (Å²) in [6, 6.07) is 3.26. The molecule has 0 amide bonds. The van der Waals surface area contributed by atoms with Crippen molar-refractivity contribution in [2.75, 3.05) is 12.8 Å². The lowest BCUT2D eigenvalue weighted by Crippen LogP contribution is -2.14. The molecule has 0 unspecified atom stereocenters. The number of nitrogen functional groups attached to an aromatic ring is 1. The van der Waals surface area contributed by atoms with Crippen LogP contribution in [0.2, 0.25) is 0 Å². The largest absolute Gasteiger partial charge is 0.465 e. The molecule has 1 aliphatic rings. The fraction of sp³-hybridized carbons (Fsp3) is 0.333. The highest BCUT2D eigenvalue weighted by atomic mass is 16.5. The highest BCUT2D eigenvalue weighted by Gasteiger charge is 2.21. The first-order valence-corrected chi connectivity index (χ1v) is 5.17. The van der Waals surface area contributed by atoms with Crippen molar-refractivity contribution in [2.45, 2.75) is 19.3 Å². The van der Waals surface area contributed by atoms with Crippen LogP contribution in [0.4, 0.5) is 5.69 Å². The smallest absolute Gasteiger partial charge is 0.339 e. The molecule has 4 heteroatoms. The molecule has 0 fully saturated rings. The van der Waals surface area contributed by atoms with Crippen LogP contribution in [0.15, 0.2) is 12.1 Å². The van der Waals surface area contributed by atoms with E-state index in [0.717, 1.165) is 18.4 Å². The Morgan fingerprint density at radius 1 is 1.38 bits per heavy atom. The average Bonchev–Trinajstić information content (AvgIpc) is 2.29. The molecule has 0 aromatic heterocycles. The summed E-state index contributed by atoms with van der Waals surface area (Å²) in [5, 5.41) is 0. The molecule has 1 aromatic rings. The number of anilines is 1. The molecule has 0 heterocycles. The minimum atomic E-state index is -0.460. The number of rotatable bonds is 1. The van der Waals surface area contributed by atoms with Gasteiger partial charge in [0, 0.05) is 17.7 Å². The van der Waals surface area contributed by atoms with Gasteiger partial charge in [0.2, 0.25) is 0 Å². The molecule has 1 aliphatic carbocycles. The molecule has 0 atom stereocenters. The van der Waals surface area contributed by atoms with Crippen LogP contribution < -0.4 is 5.73 Å². The van der Waals surface area contributed by atoms with Gasteiger partial charge in [-0.1, -0.05) is 0 Å². The molecule has 0 aliphatic heterocycles. The first-order valence-electron chi connectivity index (χ1n) is 5.17. The first kappa shape index (κ1) is 10.7. The SMILES string of the molecule is COC(=O)c1cc2c(cc1N)C(=O)CCC2. The van der Waals surface area contributed by atoms with Gasteiger partial charge in [-0.2, -0.15) is 0 Å². The van der Waals surface area contributed by atoms with Gasteiger partial charge in [0.1, 0.15) is 0 Å². The van der Waals surface area contributed by atoms with Crippen molar-refractivity contribution in [1.29, 1.82) is 0 Å². The Morgan fingerprint density at radius 3 is 2.81 bits per heavy atom. The van der Waals surface area contributed by atoms with E-state index in [9.17, 15) is 9.59 Å². The number of carbonyl (C=O) groups is 2. The summed E-state index contributed by atoms with van der Waals surface area (Å²) in [5.41, 5.74) is 7.92. The minimum absolute atomic E-state index is 0.101. The predicted molar refractivity (Wildman–Crippen MR) is 59.5 cm³/mol. The Bertz CT molecular complexity index is 466. The fourth-order valence-corrected chi connectivity index (χ4v) is 1.99. The number of hydrogen-bond acceptors (Lipinski definition) is 4. The Kier molecular flexibility index (Phi) is 2.64. The summed E-state index contributed by atoms with van der Waals surface area (Å²) in [6.45, 7) is 0. The van der Waals surface area contributed by atoms with Gasteiger partial charge in [0.25, 0.3) is 0 Å². The number of Topliss-reactive ketones (excluding diaryl/α,β-unsaturated/α-hetero) is 1. The second kappa shape index (κ2) is 3.96. The van der Waals surface area contributed by atoms with Crippen LogP contribution in [-0.2, 0) is 11.2 Å². The van der Waals surface area contributed by atoms with E-state index in [1.807, 2.05) is 0 Å². The van der Waals surface area contributed by atoms with Crippen molar-refractivity contribution in [3.8, 4) is 0 Å². The average molecular weight is 219 g/mol. The second-order valence-electron chi connectivity index (χ2n) is 3.86. The predicted octanol–water partition coefficient (Wildman–Crippen LogP) is 1.57. The lowest BCUT2D eigenvalue weighted by Gasteiger charge is -2.16. The summed E-state index contributed by atoms with van der Waals surface area (Å²) >= 11 is 0. The number of fused-ring (bicyclic) bond motifs is 1. The number of aryl methyl sites for hydroxylation is 1. The van der Waals surface area contributed by atoms with E-state index in [1.54, 1.807) is 12.1 Å². The van der Waals surface area contributed by atoms with Crippen molar-refractivity contribution in [1.82, 2.24) is 0 Å². The Morgan fingerprint density at radius 2 is 2.12 bits per heavy atom. The van der Waals surface area contributed by atoms with Gasteiger partial charge in [-0.15, -0.1) is 0 Å². The fourth-order valence-electron chi connectivity index (χ4n) is 1.99. The van der Waals surface area contributed by atoms with Crippen LogP contribution >= 0.6 is 0 Å². The number of nitrogens with two attached hydrogens (primary N) is 1. The normalized spacial score (nSPS) is 14.4. The van der Waals surface area contributed by atoms with Crippen LogP contribution in [0.3, 0.4) is 0 Å². The molecule has 16 heavy (non-hydrogen) atoms. The van der Waals surface area contributed by atoms with E-state index in [-0.39, 0.29) is 5.78 Å². The first-order chi connectivity index (χ1) is 7.63. The quantitative estimate of drug-likeness (QED) is 0.575. The highest BCUT2D eigenvalue weighted by molar-refractivity contribution is 6.02. The lowest BCUT2D eigenvalue weighted by molar-refractivity contribution is 0.0601. The third-order valence-electron chi connectivity index (χ3n) is 2.83. The Balaban J connectivity index is 2.52. The van der Waals surface area contributed by atoms with Gasteiger partial charge in [-0.05, 0) is 30.5 Å². The van der Waals surface area contributed by atoms with Crippen LogP contribution in [0.1, 0.15) is 39.1 Å². The van der Waals surface area contributed by atoms with Gasteiger partial charge in [-0.25, -0.2) is 4.79 Å². The lowest BCUT2D eigenvalue weighted by atomic mass is 9.88. The Labute approximate surface area is 93.4 Å². The summed E-state index contributed by atoms with van der Waals surface area (Å²) in [7, 11) is 1.31. The van der Waals surface area contributed by atoms with Crippen molar-refractivity contribution in [2.24, 2.45) is 0 Å². The van der Waals surface area contributed by atoms with Crippen molar-refractivity contribution < 1.29 is 14.3 Å². The zero-order valence-corrected chi connectivity index (χ0v) is 9.08. The number of esters is 1. The summed E-state index contributed by atoms with van der Waals surface area (Å²) in [5.74, 6) is -0.359. The number of ketones is 1. The molecule has 4 nitrogen and oxygen atoms in total. The minimum Gasteiger partial charge on any atom is -0.465 e. The van der Waals surface area contributed by atoms with Crippen LogP contribution in [0, 0.1) is 0 Å². The number of carbonyl (C=O) groups excluding carboxylic acids is 2. The van der Waals surface area contributed by atoms with E-state index < -0.39 is 5.97 Å². The van der Waals surface area contributed by atoms with E-state index in [2.05, 4.69) is 4.74 Å². The van der Waals surface area contributed by atoms with Crippen molar-refractivity contribution >= 4 is 17.4 Å². The topological polar surface area (TPSA) is 69.4 Å². The van der Waals surface area contributed by atoms with E-state index in [1.165, 1.54) is 7.11 Å². The third kappa shape index (κ3) is 1.66. The van der Waals surface area contributed by atoms with E-state index in [4.69, 9.17) is 5.73 Å². The molecule has 2 rings (SSSR count). The third-order valence-corrected chi connectivity index (χ3v) is 2.83. The molecule has 0 saturated heterocycles. The number of benzene rings is 1. The van der Waals surface area contributed by atoms with E-state index in [0.29, 0.717) is 23.2 Å². The molecule has 84 valence electrons. The van der Waals surface area contributed by atoms with Gasteiger partial charge in [0.15, 0.2) is 5.78 Å². The number of hydrogen-bond donors (Lipinski definition) is 1. The Hall–Kier alpha value is -1.84.